The summed E-state index contributed by atoms with van der Waals surface area (Å²) in [7, 11) is 0. The highest BCUT2D eigenvalue weighted by Crippen LogP contribution is 2.34. The molecule has 1 atom stereocenters. The Morgan fingerprint density at radius 1 is 1.17 bits per heavy atom. The number of nitrogens with one attached hydrogen (secondary N) is 1. The maximum atomic E-state index is 12.8. The molecule has 4 rings (SSSR count). The quantitative estimate of drug-likeness (QED) is 0.535. The number of nitrogens with zero attached hydrogens (tertiary/aromatic N) is 3. The van der Waals surface area contributed by atoms with Crippen molar-refractivity contribution in [2.75, 3.05) is 6.54 Å². The predicted molar refractivity (Wildman–Crippen MR) is 124 cm³/mol. The van der Waals surface area contributed by atoms with Crippen molar-refractivity contribution in [2.45, 2.75) is 94.0 Å². The van der Waals surface area contributed by atoms with Crippen LogP contribution >= 0.6 is 23.1 Å². The number of carbonyl (C=O) groups is 1. The van der Waals surface area contributed by atoms with E-state index in [0.29, 0.717) is 12.0 Å². The van der Waals surface area contributed by atoms with Crippen LogP contribution in [-0.4, -0.2) is 32.5 Å². The second-order valence-corrected chi connectivity index (χ2v) is 11.2. The van der Waals surface area contributed by atoms with E-state index in [2.05, 4.69) is 37.6 Å². The monoisotopic (exact) mass is 446 g/mol. The molecule has 1 unspecified atom stereocenters. The third-order valence-corrected chi connectivity index (χ3v) is 8.46. The minimum absolute atomic E-state index is 0.128. The lowest BCUT2D eigenvalue weighted by Crippen LogP contribution is -2.35. The fourth-order valence-electron chi connectivity index (χ4n) is 4.77. The third kappa shape index (κ3) is 5.67. The van der Waals surface area contributed by atoms with Crippen LogP contribution in [0.25, 0.3) is 0 Å². The first kappa shape index (κ1) is 21.9. The van der Waals surface area contributed by atoms with Crippen LogP contribution in [0.1, 0.15) is 87.9 Å². The van der Waals surface area contributed by atoms with Crippen LogP contribution in [0.3, 0.4) is 0 Å². The molecule has 0 aliphatic heterocycles. The molecule has 0 spiro atoms. The van der Waals surface area contributed by atoms with Gasteiger partial charge in [-0.25, -0.2) is 0 Å². The number of hydrogen-bond donors (Lipinski definition) is 1. The van der Waals surface area contributed by atoms with E-state index in [1.165, 1.54) is 69.1 Å². The summed E-state index contributed by atoms with van der Waals surface area (Å²) in [4.78, 5) is 14.1. The molecule has 2 aliphatic rings. The summed E-state index contributed by atoms with van der Waals surface area (Å²) in [5.41, 5.74) is 0. The van der Waals surface area contributed by atoms with E-state index < -0.39 is 0 Å². The zero-order valence-corrected chi connectivity index (χ0v) is 19.6. The Kier molecular flexibility index (Phi) is 7.88. The van der Waals surface area contributed by atoms with Gasteiger partial charge in [0.1, 0.15) is 5.82 Å². The summed E-state index contributed by atoms with van der Waals surface area (Å²) in [6.45, 7) is 2.82. The van der Waals surface area contributed by atoms with Crippen molar-refractivity contribution in [3.05, 3.63) is 28.2 Å². The van der Waals surface area contributed by atoms with Gasteiger partial charge in [-0.05, 0) is 50.0 Å². The molecule has 0 radical (unpaired) electrons. The number of carbonyl (C=O) groups excluding carboxylic acids is 1. The molecule has 1 amide bonds. The zero-order valence-electron chi connectivity index (χ0n) is 18.0. The van der Waals surface area contributed by atoms with Crippen LogP contribution in [0, 0.1) is 5.92 Å². The van der Waals surface area contributed by atoms with E-state index in [-0.39, 0.29) is 11.2 Å². The highest BCUT2D eigenvalue weighted by Gasteiger charge is 2.26. The Balaban J connectivity index is 1.42. The van der Waals surface area contributed by atoms with Gasteiger partial charge in [0.05, 0.1) is 5.25 Å². The van der Waals surface area contributed by atoms with Gasteiger partial charge in [-0.15, -0.1) is 21.5 Å². The topological polar surface area (TPSA) is 59.8 Å². The first-order valence-corrected chi connectivity index (χ1v) is 13.4. The van der Waals surface area contributed by atoms with Gasteiger partial charge in [0.25, 0.3) is 0 Å². The Labute approximate surface area is 188 Å². The van der Waals surface area contributed by atoms with Crippen molar-refractivity contribution in [2.24, 2.45) is 5.92 Å². The Bertz CT molecular complexity index is 792. The van der Waals surface area contributed by atoms with Crippen molar-refractivity contribution in [3.8, 4) is 0 Å². The number of thiophene rings is 1. The summed E-state index contributed by atoms with van der Waals surface area (Å²) >= 11 is 3.34. The van der Waals surface area contributed by atoms with Gasteiger partial charge in [-0.3, -0.25) is 4.79 Å². The van der Waals surface area contributed by atoms with Crippen LogP contribution in [-0.2, 0) is 11.2 Å². The van der Waals surface area contributed by atoms with E-state index in [9.17, 15) is 4.79 Å². The Morgan fingerprint density at radius 3 is 2.60 bits per heavy atom. The molecule has 164 valence electrons. The van der Waals surface area contributed by atoms with Crippen molar-refractivity contribution in [3.63, 3.8) is 0 Å². The Morgan fingerprint density at radius 2 is 1.90 bits per heavy atom. The lowest BCUT2D eigenvalue weighted by atomic mass is 9.89. The molecule has 2 aromatic heterocycles. The maximum absolute atomic E-state index is 12.8. The largest absolute Gasteiger partial charge is 0.355 e. The molecule has 2 saturated carbocycles. The molecule has 7 heteroatoms. The lowest BCUT2D eigenvalue weighted by Gasteiger charge is -2.26. The van der Waals surface area contributed by atoms with Gasteiger partial charge in [-0.1, -0.05) is 56.4 Å². The van der Waals surface area contributed by atoms with Crippen molar-refractivity contribution >= 4 is 29.0 Å². The Hall–Kier alpha value is -1.34. The van der Waals surface area contributed by atoms with Gasteiger partial charge in [0.2, 0.25) is 5.91 Å². The van der Waals surface area contributed by atoms with Crippen LogP contribution in [0.4, 0.5) is 0 Å². The molecule has 0 saturated heterocycles. The molecular weight excluding hydrogens is 412 g/mol. The molecular formula is C23H34N4OS2. The standard InChI is InChI=1S/C23H34N4OS2/c1-17(22(28)24-16-18-9-4-2-5-10-18)30-23-26-25-21(15-20-13-8-14-29-20)27(23)19-11-6-3-7-12-19/h8,13-14,17-19H,2-7,9-12,15-16H2,1H3,(H,24,28). The normalized spacial score (nSPS) is 19.6. The zero-order chi connectivity index (χ0) is 20.8. The van der Waals surface area contributed by atoms with E-state index in [1.54, 1.807) is 23.1 Å². The SMILES string of the molecule is CC(Sc1nnc(Cc2cccs2)n1C1CCCCC1)C(=O)NCC1CCCCC1. The first-order chi connectivity index (χ1) is 14.7. The molecule has 2 heterocycles. The van der Waals surface area contributed by atoms with Crippen LogP contribution in [0.2, 0.25) is 0 Å². The second-order valence-electron chi connectivity index (χ2n) is 8.83. The summed E-state index contributed by atoms with van der Waals surface area (Å²) in [6.07, 6.45) is 13.5. The number of amides is 1. The minimum Gasteiger partial charge on any atom is -0.355 e. The fourth-order valence-corrected chi connectivity index (χ4v) is 6.44. The van der Waals surface area contributed by atoms with Crippen LogP contribution in [0.5, 0.6) is 0 Å². The van der Waals surface area contributed by atoms with Crippen LogP contribution < -0.4 is 5.32 Å². The third-order valence-electron chi connectivity index (χ3n) is 6.53. The van der Waals surface area contributed by atoms with Gasteiger partial charge in [0, 0.05) is 23.9 Å². The van der Waals surface area contributed by atoms with Gasteiger partial charge in [-0.2, -0.15) is 0 Å². The van der Waals surface area contributed by atoms with Crippen LogP contribution in [0.15, 0.2) is 22.7 Å². The van der Waals surface area contributed by atoms with Gasteiger partial charge >= 0.3 is 0 Å². The number of hydrogen-bond acceptors (Lipinski definition) is 5. The second kappa shape index (κ2) is 10.8. The van der Waals surface area contributed by atoms with E-state index in [1.807, 2.05) is 6.92 Å². The number of thioether (sulfide) groups is 1. The number of aromatic nitrogens is 3. The molecule has 1 N–H and O–H groups in total. The average Bonchev–Trinajstić information content (AvgIpc) is 3.44. The molecule has 2 aliphatic carbocycles. The van der Waals surface area contributed by atoms with Crippen molar-refractivity contribution in [1.82, 2.24) is 20.1 Å². The van der Waals surface area contributed by atoms with Gasteiger partial charge < -0.3 is 9.88 Å². The van der Waals surface area contributed by atoms with E-state index >= 15 is 0 Å². The van der Waals surface area contributed by atoms with Crippen molar-refractivity contribution < 1.29 is 4.79 Å². The molecule has 30 heavy (non-hydrogen) atoms. The highest BCUT2D eigenvalue weighted by atomic mass is 32.2. The van der Waals surface area contributed by atoms with E-state index in [0.717, 1.165) is 23.9 Å². The smallest absolute Gasteiger partial charge is 0.233 e. The summed E-state index contributed by atoms with van der Waals surface area (Å²) in [6, 6.07) is 4.72. The lowest BCUT2D eigenvalue weighted by molar-refractivity contribution is -0.120. The number of rotatable bonds is 8. The first-order valence-electron chi connectivity index (χ1n) is 11.6. The summed E-state index contributed by atoms with van der Waals surface area (Å²) in [5, 5.41) is 15.2. The molecule has 0 bridgehead atoms. The molecule has 5 nitrogen and oxygen atoms in total. The maximum Gasteiger partial charge on any atom is 0.233 e. The van der Waals surface area contributed by atoms with Crippen molar-refractivity contribution in [1.29, 1.82) is 0 Å². The summed E-state index contributed by atoms with van der Waals surface area (Å²) < 4.78 is 2.36. The summed E-state index contributed by atoms with van der Waals surface area (Å²) in [5.74, 6) is 1.83. The minimum atomic E-state index is -0.158. The van der Waals surface area contributed by atoms with Gasteiger partial charge in [0.15, 0.2) is 5.16 Å². The van der Waals surface area contributed by atoms with E-state index in [4.69, 9.17) is 0 Å². The fraction of sp³-hybridized carbons (Fsp3) is 0.696. The molecule has 2 aromatic rings. The average molecular weight is 447 g/mol. The highest BCUT2D eigenvalue weighted by molar-refractivity contribution is 8.00. The molecule has 2 fully saturated rings. The molecule has 0 aromatic carbocycles. The predicted octanol–water partition coefficient (Wildman–Crippen LogP) is 5.61.